The molecule has 1 aromatic carbocycles. The zero-order valence-corrected chi connectivity index (χ0v) is 10.9. The Kier molecular flexibility index (Phi) is 4.26. The van der Waals surface area contributed by atoms with Crippen LogP contribution in [0.25, 0.3) is 0 Å². The molecule has 1 heterocycles. The number of hydrogen-bond acceptors (Lipinski definition) is 2. The SMILES string of the molecule is Ic1ccc(NCC2CCOCC2)cc1. The van der Waals surface area contributed by atoms with Gasteiger partial charge >= 0.3 is 0 Å². The van der Waals surface area contributed by atoms with Gasteiger partial charge in [-0.15, -0.1) is 0 Å². The van der Waals surface area contributed by atoms with Crippen molar-refractivity contribution in [3.8, 4) is 0 Å². The van der Waals surface area contributed by atoms with Crippen molar-refractivity contribution in [2.45, 2.75) is 12.8 Å². The van der Waals surface area contributed by atoms with Gasteiger partial charge in [0.25, 0.3) is 0 Å². The Balaban J connectivity index is 1.79. The van der Waals surface area contributed by atoms with Gasteiger partial charge in [0, 0.05) is 29.0 Å². The van der Waals surface area contributed by atoms with Gasteiger partial charge < -0.3 is 10.1 Å². The normalized spacial score (nSPS) is 17.7. The van der Waals surface area contributed by atoms with Crippen LogP contribution in [0.3, 0.4) is 0 Å². The second-order valence-corrected chi connectivity index (χ2v) is 5.19. The zero-order chi connectivity index (χ0) is 10.5. The van der Waals surface area contributed by atoms with Crippen LogP contribution >= 0.6 is 22.6 Å². The highest BCUT2D eigenvalue weighted by atomic mass is 127. The van der Waals surface area contributed by atoms with Crippen molar-refractivity contribution in [2.24, 2.45) is 5.92 Å². The highest BCUT2D eigenvalue weighted by molar-refractivity contribution is 14.1. The fourth-order valence-corrected chi connectivity index (χ4v) is 2.14. The predicted octanol–water partition coefficient (Wildman–Crippen LogP) is 3.13. The maximum atomic E-state index is 5.34. The van der Waals surface area contributed by atoms with E-state index < -0.39 is 0 Å². The van der Waals surface area contributed by atoms with E-state index in [-0.39, 0.29) is 0 Å². The van der Waals surface area contributed by atoms with Crippen LogP contribution in [0.1, 0.15) is 12.8 Å². The number of nitrogens with one attached hydrogen (secondary N) is 1. The first-order valence-electron chi connectivity index (χ1n) is 5.42. The Morgan fingerprint density at radius 1 is 1.20 bits per heavy atom. The minimum atomic E-state index is 0.776. The molecule has 0 aromatic heterocycles. The summed E-state index contributed by atoms with van der Waals surface area (Å²) >= 11 is 2.32. The molecule has 1 aliphatic heterocycles. The van der Waals surface area contributed by atoms with Crippen LogP contribution in [0.15, 0.2) is 24.3 Å². The van der Waals surface area contributed by atoms with Crippen LogP contribution in [-0.4, -0.2) is 19.8 Å². The summed E-state index contributed by atoms with van der Waals surface area (Å²) in [7, 11) is 0. The minimum Gasteiger partial charge on any atom is -0.385 e. The Morgan fingerprint density at radius 3 is 2.53 bits per heavy atom. The Morgan fingerprint density at radius 2 is 1.87 bits per heavy atom. The average molecular weight is 317 g/mol. The fraction of sp³-hybridized carbons (Fsp3) is 0.500. The molecular weight excluding hydrogens is 301 g/mol. The van der Waals surface area contributed by atoms with E-state index in [4.69, 9.17) is 4.74 Å². The van der Waals surface area contributed by atoms with Crippen molar-refractivity contribution in [1.29, 1.82) is 0 Å². The third kappa shape index (κ3) is 3.65. The summed E-state index contributed by atoms with van der Waals surface area (Å²) < 4.78 is 6.62. The average Bonchev–Trinajstić information content (AvgIpc) is 2.30. The van der Waals surface area contributed by atoms with E-state index in [1.54, 1.807) is 0 Å². The van der Waals surface area contributed by atoms with E-state index in [1.165, 1.54) is 22.1 Å². The first kappa shape index (κ1) is 11.2. The van der Waals surface area contributed by atoms with Crippen molar-refractivity contribution in [2.75, 3.05) is 25.1 Å². The van der Waals surface area contributed by atoms with E-state index in [9.17, 15) is 0 Å². The topological polar surface area (TPSA) is 21.3 Å². The number of anilines is 1. The molecule has 0 atom stereocenters. The molecule has 1 aromatic rings. The third-order valence-corrected chi connectivity index (χ3v) is 3.50. The van der Waals surface area contributed by atoms with Crippen molar-refractivity contribution in [3.63, 3.8) is 0 Å². The Labute approximate surface area is 105 Å². The van der Waals surface area contributed by atoms with Crippen LogP contribution < -0.4 is 5.32 Å². The summed E-state index contributed by atoms with van der Waals surface area (Å²) in [6.07, 6.45) is 2.38. The molecular formula is C12H16INO. The molecule has 3 heteroatoms. The largest absolute Gasteiger partial charge is 0.385 e. The van der Waals surface area contributed by atoms with Crippen LogP contribution in [0.2, 0.25) is 0 Å². The van der Waals surface area contributed by atoms with Crippen LogP contribution in [-0.2, 0) is 4.74 Å². The summed E-state index contributed by atoms with van der Waals surface area (Å²) in [4.78, 5) is 0. The van der Waals surface area contributed by atoms with Crippen LogP contribution in [0.4, 0.5) is 5.69 Å². The molecule has 0 radical (unpaired) electrons. The smallest absolute Gasteiger partial charge is 0.0469 e. The lowest BCUT2D eigenvalue weighted by Gasteiger charge is -2.22. The molecule has 2 rings (SSSR count). The predicted molar refractivity (Wildman–Crippen MR) is 71.2 cm³/mol. The third-order valence-electron chi connectivity index (χ3n) is 2.78. The highest BCUT2D eigenvalue weighted by Gasteiger charge is 2.12. The zero-order valence-electron chi connectivity index (χ0n) is 8.71. The summed E-state index contributed by atoms with van der Waals surface area (Å²) in [5.74, 6) is 0.776. The first-order chi connectivity index (χ1) is 7.34. The fourth-order valence-electron chi connectivity index (χ4n) is 1.78. The molecule has 0 bridgehead atoms. The van der Waals surface area contributed by atoms with Gasteiger partial charge in [-0.05, 0) is 65.6 Å². The number of hydrogen-bond donors (Lipinski definition) is 1. The lowest BCUT2D eigenvalue weighted by Crippen LogP contribution is -2.22. The Bertz CT molecular complexity index is 293. The summed E-state index contributed by atoms with van der Waals surface area (Å²) in [6.45, 7) is 2.93. The van der Waals surface area contributed by atoms with Crippen molar-refractivity contribution in [3.05, 3.63) is 27.8 Å². The van der Waals surface area contributed by atoms with Crippen LogP contribution in [0, 0.1) is 9.49 Å². The van der Waals surface area contributed by atoms with Gasteiger partial charge in [-0.25, -0.2) is 0 Å². The molecule has 1 saturated heterocycles. The van der Waals surface area contributed by atoms with E-state index in [2.05, 4.69) is 52.2 Å². The molecule has 1 aliphatic rings. The van der Waals surface area contributed by atoms with Crippen molar-refractivity contribution in [1.82, 2.24) is 0 Å². The number of benzene rings is 1. The van der Waals surface area contributed by atoms with Gasteiger partial charge in [-0.1, -0.05) is 0 Å². The molecule has 0 spiro atoms. The van der Waals surface area contributed by atoms with Gasteiger partial charge in [0.05, 0.1) is 0 Å². The van der Waals surface area contributed by atoms with E-state index >= 15 is 0 Å². The summed E-state index contributed by atoms with van der Waals surface area (Å²) in [5.41, 5.74) is 1.22. The molecule has 0 aliphatic carbocycles. The molecule has 0 unspecified atom stereocenters. The number of halogens is 1. The quantitative estimate of drug-likeness (QED) is 0.865. The van der Waals surface area contributed by atoms with Crippen molar-refractivity contribution < 1.29 is 4.74 Å². The standard InChI is InChI=1S/C12H16INO/c13-11-1-3-12(4-2-11)14-9-10-5-7-15-8-6-10/h1-4,10,14H,5-9H2. The lowest BCUT2D eigenvalue weighted by atomic mass is 10.0. The molecule has 15 heavy (non-hydrogen) atoms. The van der Waals surface area contributed by atoms with Gasteiger partial charge in [0.15, 0.2) is 0 Å². The minimum absolute atomic E-state index is 0.776. The summed E-state index contributed by atoms with van der Waals surface area (Å²) in [5, 5.41) is 3.48. The molecule has 1 N–H and O–H groups in total. The van der Waals surface area contributed by atoms with Crippen molar-refractivity contribution >= 4 is 28.3 Å². The Hall–Kier alpha value is -0.290. The van der Waals surface area contributed by atoms with Gasteiger partial charge in [0.2, 0.25) is 0 Å². The molecule has 0 saturated carbocycles. The molecule has 82 valence electrons. The van der Waals surface area contributed by atoms with Gasteiger partial charge in [-0.2, -0.15) is 0 Å². The number of rotatable bonds is 3. The second-order valence-electron chi connectivity index (χ2n) is 3.94. The summed E-state index contributed by atoms with van der Waals surface area (Å²) in [6, 6.07) is 8.54. The first-order valence-corrected chi connectivity index (χ1v) is 6.49. The highest BCUT2D eigenvalue weighted by Crippen LogP contribution is 2.16. The molecule has 0 amide bonds. The monoisotopic (exact) mass is 317 g/mol. The second kappa shape index (κ2) is 5.70. The van der Waals surface area contributed by atoms with Crippen LogP contribution in [0.5, 0.6) is 0 Å². The molecule has 2 nitrogen and oxygen atoms in total. The maximum absolute atomic E-state index is 5.34. The van der Waals surface area contributed by atoms with E-state index in [1.807, 2.05) is 0 Å². The van der Waals surface area contributed by atoms with E-state index in [0.29, 0.717) is 0 Å². The van der Waals surface area contributed by atoms with Gasteiger partial charge in [0.1, 0.15) is 0 Å². The van der Waals surface area contributed by atoms with E-state index in [0.717, 1.165) is 25.7 Å². The lowest BCUT2D eigenvalue weighted by molar-refractivity contribution is 0.0699. The number of ether oxygens (including phenoxy) is 1. The maximum Gasteiger partial charge on any atom is 0.0469 e. The van der Waals surface area contributed by atoms with Gasteiger partial charge in [-0.3, -0.25) is 0 Å². The molecule has 1 fully saturated rings.